The van der Waals surface area contributed by atoms with Crippen molar-refractivity contribution in [1.82, 2.24) is 14.3 Å². The number of carbonyl (C=O) groups excluding carboxylic acids is 1. The fourth-order valence-electron chi connectivity index (χ4n) is 4.77. The number of anilines is 1. The zero-order chi connectivity index (χ0) is 23.4. The van der Waals surface area contributed by atoms with E-state index in [0.717, 1.165) is 61.4 Å². The molecule has 0 saturated carbocycles. The molecule has 178 valence electrons. The molecule has 1 aromatic heterocycles. The quantitative estimate of drug-likeness (QED) is 0.589. The van der Waals surface area contributed by atoms with Crippen LogP contribution in [-0.4, -0.2) is 54.4 Å². The Morgan fingerprint density at radius 2 is 1.79 bits per heavy atom. The van der Waals surface area contributed by atoms with Crippen LogP contribution in [0.3, 0.4) is 0 Å². The van der Waals surface area contributed by atoms with Crippen LogP contribution in [0.1, 0.15) is 54.9 Å². The highest BCUT2D eigenvalue weighted by Gasteiger charge is 2.24. The second-order valence-corrected chi connectivity index (χ2v) is 11.4. The van der Waals surface area contributed by atoms with E-state index in [0.29, 0.717) is 38.3 Å². The van der Waals surface area contributed by atoms with Crippen molar-refractivity contribution in [3.05, 3.63) is 52.8 Å². The standard InChI is InChI=1S/C25H34N4O3S/c1-3-19-16-26-25(27-17-19)28-11-8-20(9-12-28)5-7-24(30)15-21-4-6-23-18-29(33(2,31)32)13-10-22(23)14-21/h4,6,14,16-17,20H,3,5,7-13,15,18H2,1-2H3. The number of aryl methyl sites for hydroxylation is 1. The SMILES string of the molecule is CCc1cnc(N2CCC(CCC(=O)Cc3ccc4c(c3)CCN(S(C)(=O)=O)C4)CC2)nc1. The van der Waals surface area contributed by atoms with E-state index in [-0.39, 0.29) is 5.78 Å². The van der Waals surface area contributed by atoms with E-state index >= 15 is 0 Å². The Balaban J connectivity index is 1.22. The molecule has 3 heterocycles. The number of piperidine rings is 1. The van der Waals surface area contributed by atoms with Crippen LogP contribution in [0.4, 0.5) is 5.95 Å². The Morgan fingerprint density at radius 1 is 1.06 bits per heavy atom. The molecular formula is C25H34N4O3S. The number of rotatable bonds is 8. The summed E-state index contributed by atoms with van der Waals surface area (Å²) in [4.78, 5) is 23.9. The maximum Gasteiger partial charge on any atom is 0.225 e. The molecule has 2 aromatic rings. The molecule has 2 aliphatic rings. The smallest absolute Gasteiger partial charge is 0.225 e. The summed E-state index contributed by atoms with van der Waals surface area (Å²) in [7, 11) is -3.17. The van der Waals surface area contributed by atoms with Crippen molar-refractivity contribution >= 4 is 21.8 Å². The summed E-state index contributed by atoms with van der Waals surface area (Å²) in [5.41, 5.74) is 4.40. The van der Waals surface area contributed by atoms with Crippen molar-refractivity contribution in [1.29, 1.82) is 0 Å². The van der Waals surface area contributed by atoms with Gasteiger partial charge in [0, 0.05) is 51.4 Å². The van der Waals surface area contributed by atoms with Gasteiger partial charge in [-0.25, -0.2) is 18.4 Å². The van der Waals surface area contributed by atoms with Crippen LogP contribution >= 0.6 is 0 Å². The van der Waals surface area contributed by atoms with Crippen molar-refractivity contribution in [3.8, 4) is 0 Å². The second kappa shape index (κ2) is 10.3. The fourth-order valence-corrected chi connectivity index (χ4v) is 5.57. The van der Waals surface area contributed by atoms with Crippen molar-refractivity contribution in [2.75, 3.05) is 30.8 Å². The predicted molar refractivity (Wildman–Crippen MR) is 130 cm³/mol. The number of aromatic nitrogens is 2. The van der Waals surface area contributed by atoms with Crippen LogP contribution in [0, 0.1) is 5.92 Å². The Morgan fingerprint density at radius 3 is 2.45 bits per heavy atom. The largest absolute Gasteiger partial charge is 0.341 e. The minimum absolute atomic E-state index is 0.282. The van der Waals surface area contributed by atoms with Gasteiger partial charge in [-0.05, 0) is 60.3 Å². The number of sulfonamides is 1. The Bertz CT molecular complexity index is 1080. The zero-order valence-corrected chi connectivity index (χ0v) is 20.5. The molecule has 2 aliphatic heterocycles. The summed E-state index contributed by atoms with van der Waals surface area (Å²) in [6.45, 7) is 4.93. The zero-order valence-electron chi connectivity index (χ0n) is 19.7. The second-order valence-electron chi connectivity index (χ2n) is 9.38. The third kappa shape index (κ3) is 6.18. The summed E-state index contributed by atoms with van der Waals surface area (Å²) in [5, 5.41) is 0. The predicted octanol–water partition coefficient (Wildman–Crippen LogP) is 3.17. The fraction of sp³-hybridized carbons (Fsp3) is 0.560. The van der Waals surface area contributed by atoms with Gasteiger partial charge in [0.1, 0.15) is 5.78 Å². The number of hydrogen-bond acceptors (Lipinski definition) is 6. The van der Waals surface area contributed by atoms with Gasteiger partial charge in [-0.1, -0.05) is 25.1 Å². The number of hydrogen-bond donors (Lipinski definition) is 0. The molecule has 0 atom stereocenters. The molecule has 0 bridgehead atoms. The molecule has 1 aromatic carbocycles. The van der Waals surface area contributed by atoms with Gasteiger partial charge in [-0.2, -0.15) is 4.31 Å². The number of Topliss-reactive ketones (excluding diaryl/α,β-unsaturated/α-hetero) is 1. The van der Waals surface area contributed by atoms with E-state index in [1.165, 1.54) is 16.1 Å². The molecule has 0 N–H and O–H groups in total. The highest BCUT2D eigenvalue weighted by molar-refractivity contribution is 7.88. The lowest BCUT2D eigenvalue weighted by atomic mass is 9.90. The van der Waals surface area contributed by atoms with Gasteiger partial charge in [0.05, 0.1) is 6.26 Å². The first kappa shape index (κ1) is 23.8. The summed E-state index contributed by atoms with van der Waals surface area (Å²) >= 11 is 0. The summed E-state index contributed by atoms with van der Waals surface area (Å²) in [6.07, 6.45) is 10.9. The van der Waals surface area contributed by atoms with Crippen LogP contribution < -0.4 is 4.90 Å². The summed E-state index contributed by atoms with van der Waals surface area (Å²) in [6, 6.07) is 6.06. The van der Waals surface area contributed by atoms with E-state index in [4.69, 9.17) is 0 Å². The first-order chi connectivity index (χ1) is 15.8. The Hall–Kier alpha value is -2.32. The number of carbonyl (C=O) groups is 1. The van der Waals surface area contributed by atoms with Crippen LogP contribution in [0.5, 0.6) is 0 Å². The first-order valence-electron chi connectivity index (χ1n) is 11.9. The molecular weight excluding hydrogens is 436 g/mol. The third-order valence-electron chi connectivity index (χ3n) is 6.95. The molecule has 1 saturated heterocycles. The minimum Gasteiger partial charge on any atom is -0.341 e. The molecule has 0 aliphatic carbocycles. The highest BCUT2D eigenvalue weighted by atomic mass is 32.2. The van der Waals surface area contributed by atoms with Gasteiger partial charge in [0.2, 0.25) is 16.0 Å². The van der Waals surface area contributed by atoms with Crippen molar-refractivity contribution in [2.24, 2.45) is 5.92 Å². The monoisotopic (exact) mass is 470 g/mol. The van der Waals surface area contributed by atoms with E-state index in [1.54, 1.807) is 0 Å². The molecule has 7 nitrogen and oxygen atoms in total. The van der Waals surface area contributed by atoms with Crippen LogP contribution in [0.25, 0.3) is 0 Å². The summed E-state index contributed by atoms with van der Waals surface area (Å²) in [5.74, 6) is 1.67. The topological polar surface area (TPSA) is 83.5 Å². The van der Waals surface area contributed by atoms with Gasteiger partial charge in [-0.3, -0.25) is 4.79 Å². The van der Waals surface area contributed by atoms with Gasteiger partial charge < -0.3 is 4.90 Å². The molecule has 1 fully saturated rings. The number of ketones is 1. The van der Waals surface area contributed by atoms with Crippen LogP contribution in [0.2, 0.25) is 0 Å². The molecule has 0 radical (unpaired) electrons. The molecule has 8 heteroatoms. The Kier molecular flexibility index (Phi) is 7.44. The average molecular weight is 471 g/mol. The molecule has 0 unspecified atom stereocenters. The van der Waals surface area contributed by atoms with Crippen LogP contribution in [0.15, 0.2) is 30.6 Å². The van der Waals surface area contributed by atoms with Gasteiger partial charge in [0.25, 0.3) is 0 Å². The third-order valence-corrected chi connectivity index (χ3v) is 8.20. The number of nitrogens with zero attached hydrogens (tertiary/aromatic N) is 4. The molecule has 4 rings (SSSR count). The van der Waals surface area contributed by atoms with Crippen molar-refractivity contribution in [2.45, 2.75) is 58.4 Å². The van der Waals surface area contributed by atoms with Gasteiger partial charge >= 0.3 is 0 Å². The number of benzene rings is 1. The van der Waals surface area contributed by atoms with Gasteiger partial charge in [0.15, 0.2) is 0 Å². The average Bonchev–Trinajstić information content (AvgIpc) is 2.82. The lowest BCUT2D eigenvalue weighted by molar-refractivity contribution is -0.118. The molecule has 33 heavy (non-hydrogen) atoms. The lowest BCUT2D eigenvalue weighted by Crippen LogP contribution is -2.35. The van der Waals surface area contributed by atoms with E-state index in [9.17, 15) is 13.2 Å². The highest BCUT2D eigenvalue weighted by Crippen LogP contribution is 2.26. The maximum absolute atomic E-state index is 12.6. The number of fused-ring (bicyclic) bond motifs is 1. The van der Waals surface area contributed by atoms with Crippen LogP contribution in [-0.2, 0) is 40.6 Å². The summed E-state index contributed by atoms with van der Waals surface area (Å²) < 4.78 is 25.1. The van der Waals surface area contributed by atoms with Crippen molar-refractivity contribution < 1.29 is 13.2 Å². The normalized spacial score (nSPS) is 17.7. The Labute approximate surface area is 197 Å². The van der Waals surface area contributed by atoms with E-state index < -0.39 is 10.0 Å². The maximum atomic E-state index is 12.6. The first-order valence-corrected chi connectivity index (χ1v) is 13.8. The van der Waals surface area contributed by atoms with Crippen molar-refractivity contribution in [3.63, 3.8) is 0 Å². The molecule has 0 amide bonds. The minimum atomic E-state index is -3.17. The van der Waals surface area contributed by atoms with E-state index in [2.05, 4.69) is 27.9 Å². The van der Waals surface area contributed by atoms with Gasteiger partial charge in [-0.15, -0.1) is 0 Å². The molecule has 0 spiro atoms. The lowest BCUT2D eigenvalue weighted by Gasteiger charge is -2.32. The van der Waals surface area contributed by atoms with E-state index in [1.807, 2.05) is 24.5 Å².